The third-order valence-electron chi connectivity index (χ3n) is 7.05. The lowest BCUT2D eigenvalue weighted by atomic mass is 10.1. The fraction of sp³-hybridized carbons (Fsp3) is 0.355. The molecule has 0 aromatic heterocycles. The Morgan fingerprint density at radius 1 is 0.902 bits per heavy atom. The van der Waals surface area contributed by atoms with Crippen LogP contribution in [0.1, 0.15) is 38.3 Å². The fourth-order valence-electron chi connectivity index (χ4n) is 4.24. The van der Waals surface area contributed by atoms with E-state index in [2.05, 4.69) is 5.32 Å². The minimum absolute atomic E-state index is 0.0231. The van der Waals surface area contributed by atoms with Gasteiger partial charge >= 0.3 is 0 Å². The maximum absolute atomic E-state index is 14.1. The number of carbonyl (C=O) groups excluding carboxylic acids is 2. The Bertz CT molecular complexity index is 1440. The molecule has 220 valence electrons. The van der Waals surface area contributed by atoms with Crippen LogP contribution in [0.5, 0.6) is 11.5 Å². The highest BCUT2D eigenvalue weighted by Crippen LogP contribution is 2.33. The van der Waals surface area contributed by atoms with Crippen LogP contribution in [0.3, 0.4) is 0 Å². The number of benzene rings is 3. The van der Waals surface area contributed by atoms with Crippen molar-refractivity contribution in [3.63, 3.8) is 0 Å². The van der Waals surface area contributed by atoms with Crippen LogP contribution >= 0.6 is 0 Å². The fourth-order valence-corrected chi connectivity index (χ4v) is 5.67. The Balaban J connectivity index is 2.08. The molecule has 41 heavy (non-hydrogen) atoms. The topological polar surface area (TPSA) is 105 Å². The van der Waals surface area contributed by atoms with Gasteiger partial charge in [-0.1, -0.05) is 43.3 Å². The van der Waals surface area contributed by atoms with Crippen molar-refractivity contribution in [2.75, 3.05) is 25.1 Å². The number of nitrogens with zero attached hydrogens (tertiary/aromatic N) is 2. The maximum atomic E-state index is 14.1. The molecule has 3 aromatic carbocycles. The summed E-state index contributed by atoms with van der Waals surface area (Å²) in [4.78, 5) is 28.7. The highest BCUT2D eigenvalue weighted by Gasteiger charge is 2.34. The predicted molar refractivity (Wildman–Crippen MR) is 160 cm³/mol. The second-order valence-corrected chi connectivity index (χ2v) is 11.7. The van der Waals surface area contributed by atoms with E-state index in [4.69, 9.17) is 9.47 Å². The van der Waals surface area contributed by atoms with Crippen LogP contribution in [0.4, 0.5) is 5.69 Å². The number of aryl methyl sites for hydroxylation is 1. The molecule has 0 saturated heterocycles. The van der Waals surface area contributed by atoms with Crippen LogP contribution < -0.4 is 19.1 Å². The number of sulfonamides is 1. The van der Waals surface area contributed by atoms with Gasteiger partial charge in [-0.05, 0) is 74.7 Å². The van der Waals surface area contributed by atoms with Crippen molar-refractivity contribution in [1.82, 2.24) is 10.2 Å². The molecule has 0 fully saturated rings. The van der Waals surface area contributed by atoms with Crippen LogP contribution in [-0.2, 0) is 26.2 Å². The standard InChI is InChI=1S/C31H39N3O6S/c1-7-23(3)32-31(36)24(4)33(20-25-13-9-8-12-22(25)2)30(35)21-34(28-14-10-11-15-29(28)40-6)41(37,38)27-18-16-26(39-5)17-19-27/h8-19,23-24H,7,20-21H2,1-6H3,(H,32,36)/t23-,24-/m0/s1. The molecule has 9 nitrogen and oxygen atoms in total. The Kier molecular flexibility index (Phi) is 10.8. The summed E-state index contributed by atoms with van der Waals surface area (Å²) in [6.07, 6.45) is 0.728. The second kappa shape index (κ2) is 14.0. The van der Waals surface area contributed by atoms with Gasteiger partial charge in [-0.15, -0.1) is 0 Å². The van der Waals surface area contributed by atoms with E-state index in [0.717, 1.165) is 21.9 Å². The molecule has 0 spiro atoms. The minimum atomic E-state index is -4.24. The van der Waals surface area contributed by atoms with E-state index >= 15 is 0 Å². The number of anilines is 1. The van der Waals surface area contributed by atoms with E-state index in [9.17, 15) is 18.0 Å². The largest absolute Gasteiger partial charge is 0.497 e. The number of hydrogen-bond acceptors (Lipinski definition) is 6. The van der Waals surface area contributed by atoms with Gasteiger partial charge in [0.05, 0.1) is 24.8 Å². The second-order valence-electron chi connectivity index (χ2n) is 9.80. The highest BCUT2D eigenvalue weighted by atomic mass is 32.2. The molecule has 2 atom stereocenters. The molecule has 0 heterocycles. The van der Waals surface area contributed by atoms with Gasteiger partial charge < -0.3 is 19.7 Å². The molecule has 0 aliphatic rings. The van der Waals surface area contributed by atoms with Crippen molar-refractivity contribution in [1.29, 1.82) is 0 Å². The smallest absolute Gasteiger partial charge is 0.264 e. The first-order valence-corrected chi connectivity index (χ1v) is 14.9. The summed E-state index contributed by atoms with van der Waals surface area (Å²) in [6, 6.07) is 19.2. The van der Waals surface area contributed by atoms with Crippen molar-refractivity contribution >= 4 is 27.5 Å². The first-order valence-electron chi connectivity index (χ1n) is 13.5. The SMILES string of the molecule is CC[C@H](C)NC(=O)[C@H](C)N(Cc1ccccc1C)C(=O)CN(c1ccccc1OC)S(=O)(=O)c1ccc(OC)cc1. The number of rotatable bonds is 13. The van der Waals surface area contributed by atoms with E-state index in [1.54, 1.807) is 43.3 Å². The van der Waals surface area contributed by atoms with Gasteiger partial charge in [0.2, 0.25) is 11.8 Å². The van der Waals surface area contributed by atoms with Crippen LogP contribution in [-0.4, -0.2) is 58.0 Å². The summed E-state index contributed by atoms with van der Waals surface area (Å²) in [5.41, 5.74) is 2.00. The van der Waals surface area contributed by atoms with Gasteiger partial charge in [0.1, 0.15) is 24.1 Å². The molecule has 0 aliphatic carbocycles. The van der Waals surface area contributed by atoms with Crippen LogP contribution in [0.25, 0.3) is 0 Å². The summed E-state index contributed by atoms with van der Waals surface area (Å²) in [5, 5.41) is 2.94. The van der Waals surface area contributed by atoms with Crippen LogP contribution in [0.2, 0.25) is 0 Å². The average molecular weight is 582 g/mol. The summed E-state index contributed by atoms with van der Waals surface area (Å²) in [7, 11) is -1.31. The molecular weight excluding hydrogens is 542 g/mol. The Labute approximate surface area is 243 Å². The molecule has 0 bridgehead atoms. The number of amides is 2. The molecule has 3 aromatic rings. The molecule has 2 amide bonds. The number of nitrogens with one attached hydrogen (secondary N) is 1. The zero-order chi connectivity index (χ0) is 30.2. The zero-order valence-corrected chi connectivity index (χ0v) is 25.3. The van der Waals surface area contributed by atoms with E-state index in [0.29, 0.717) is 5.75 Å². The number of methoxy groups -OCH3 is 2. The van der Waals surface area contributed by atoms with Crippen molar-refractivity contribution in [3.05, 3.63) is 83.9 Å². The van der Waals surface area contributed by atoms with Gasteiger partial charge in [-0.25, -0.2) is 8.42 Å². The molecule has 1 N–H and O–H groups in total. The first-order chi connectivity index (χ1) is 19.5. The third kappa shape index (κ3) is 7.58. The lowest BCUT2D eigenvalue weighted by Crippen LogP contribution is -2.52. The summed E-state index contributed by atoms with van der Waals surface area (Å²) < 4.78 is 39.8. The first kappa shape index (κ1) is 31.5. The normalized spacial score (nSPS) is 12.6. The van der Waals surface area contributed by atoms with Crippen molar-refractivity contribution in [2.24, 2.45) is 0 Å². The maximum Gasteiger partial charge on any atom is 0.264 e. The van der Waals surface area contributed by atoms with Crippen molar-refractivity contribution < 1.29 is 27.5 Å². The molecule has 0 saturated carbocycles. The molecule has 0 radical (unpaired) electrons. The van der Waals surface area contributed by atoms with E-state index in [1.165, 1.54) is 31.3 Å². The summed E-state index contributed by atoms with van der Waals surface area (Å²) in [6.45, 7) is 7.00. The number of ether oxygens (including phenoxy) is 2. The van der Waals surface area contributed by atoms with Gasteiger partial charge in [0.25, 0.3) is 10.0 Å². The Morgan fingerprint density at radius 3 is 2.15 bits per heavy atom. The average Bonchev–Trinajstić information content (AvgIpc) is 2.98. The van der Waals surface area contributed by atoms with Crippen molar-refractivity contribution in [2.45, 2.75) is 57.6 Å². The molecule has 3 rings (SSSR count). The quantitative estimate of drug-likeness (QED) is 0.318. The Morgan fingerprint density at radius 2 is 1.54 bits per heavy atom. The number of carbonyl (C=O) groups is 2. The minimum Gasteiger partial charge on any atom is -0.497 e. The number of para-hydroxylation sites is 2. The van der Waals surface area contributed by atoms with Crippen LogP contribution in [0, 0.1) is 6.92 Å². The van der Waals surface area contributed by atoms with Gasteiger partial charge in [0, 0.05) is 12.6 Å². The predicted octanol–water partition coefficient (Wildman–Crippen LogP) is 4.54. The lowest BCUT2D eigenvalue weighted by molar-refractivity contribution is -0.139. The molecular formula is C31H39N3O6S. The Hall–Kier alpha value is -4.05. The molecule has 0 unspecified atom stereocenters. The highest BCUT2D eigenvalue weighted by molar-refractivity contribution is 7.92. The summed E-state index contributed by atoms with van der Waals surface area (Å²) in [5.74, 6) is -0.0778. The third-order valence-corrected chi connectivity index (χ3v) is 8.82. The monoisotopic (exact) mass is 581 g/mol. The van der Waals surface area contributed by atoms with Crippen molar-refractivity contribution in [3.8, 4) is 11.5 Å². The van der Waals surface area contributed by atoms with Gasteiger partial charge in [-0.2, -0.15) is 0 Å². The number of hydrogen-bond donors (Lipinski definition) is 1. The van der Waals surface area contributed by atoms with Crippen LogP contribution in [0.15, 0.2) is 77.7 Å². The van der Waals surface area contributed by atoms with E-state index < -0.39 is 28.5 Å². The van der Waals surface area contributed by atoms with E-state index in [1.807, 2.05) is 45.0 Å². The van der Waals surface area contributed by atoms with E-state index in [-0.39, 0.29) is 34.8 Å². The van der Waals surface area contributed by atoms with Gasteiger partial charge in [-0.3, -0.25) is 13.9 Å². The zero-order valence-electron chi connectivity index (χ0n) is 24.5. The molecule has 10 heteroatoms. The lowest BCUT2D eigenvalue weighted by Gasteiger charge is -2.33. The summed E-state index contributed by atoms with van der Waals surface area (Å²) >= 11 is 0. The van der Waals surface area contributed by atoms with Gasteiger partial charge in [0.15, 0.2) is 0 Å². The molecule has 0 aliphatic heterocycles.